The van der Waals surface area contributed by atoms with Gasteiger partial charge in [0.1, 0.15) is 5.69 Å². The van der Waals surface area contributed by atoms with Crippen LogP contribution in [0.1, 0.15) is 21.6 Å². The van der Waals surface area contributed by atoms with Gasteiger partial charge in [0.15, 0.2) is 0 Å². The second kappa shape index (κ2) is 5.66. The minimum atomic E-state index is -0.769. The van der Waals surface area contributed by atoms with Crippen LogP contribution in [0.2, 0.25) is 0 Å². The van der Waals surface area contributed by atoms with Crippen molar-refractivity contribution in [2.75, 3.05) is 5.32 Å². The van der Waals surface area contributed by atoms with Crippen LogP contribution in [0.5, 0.6) is 0 Å². The monoisotopic (exact) mass is 289 g/mol. The molecule has 1 amide bonds. The first-order chi connectivity index (χ1) is 9.88. The lowest BCUT2D eigenvalue weighted by atomic mass is 10.1. The molecular formula is C14H12FN3O3. The fraction of sp³-hybridized carbons (Fsp3) is 0.143. The van der Waals surface area contributed by atoms with Crippen molar-refractivity contribution in [3.05, 3.63) is 63.2 Å². The molecule has 1 aromatic heterocycles. The van der Waals surface area contributed by atoms with Crippen LogP contribution >= 0.6 is 0 Å². The van der Waals surface area contributed by atoms with Gasteiger partial charge in [0, 0.05) is 11.6 Å². The Labute approximate surface area is 119 Å². The minimum absolute atomic E-state index is 0.0944. The van der Waals surface area contributed by atoms with E-state index in [4.69, 9.17) is 0 Å². The van der Waals surface area contributed by atoms with Crippen molar-refractivity contribution in [1.82, 2.24) is 4.98 Å². The molecule has 7 heteroatoms. The average Bonchev–Trinajstić information content (AvgIpc) is 2.41. The number of nitrogens with zero attached hydrogens (tertiary/aromatic N) is 2. The standard InChI is InChI=1S/C14H12FN3O3/c1-8-6-9(2)12(18(20)21)7-11(8)17-14(19)10-4-3-5-13(15)16-10/h3-7H,1-2H3,(H,17,19). The first kappa shape index (κ1) is 14.6. The summed E-state index contributed by atoms with van der Waals surface area (Å²) in [6, 6.07) is 6.73. The third-order valence-electron chi connectivity index (χ3n) is 2.94. The number of pyridine rings is 1. The predicted molar refractivity (Wildman–Crippen MR) is 74.7 cm³/mol. The van der Waals surface area contributed by atoms with Gasteiger partial charge in [-0.15, -0.1) is 0 Å². The maximum absolute atomic E-state index is 13.0. The number of anilines is 1. The topological polar surface area (TPSA) is 85.1 Å². The highest BCUT2D eigenvalue weighted by atomic mass is 19.1. The lowest BCUT2D eigenvalue weighted by molar-refractivity contribution is -0.385. The Balaban J connectivity index is 2.33. The van der Waals surface area contributed by atoms with Crippen molar-refractivity contribution in [3.8, 4) is 0 Å². The van der Waals surface area contributed by atoms with E-state index >= 15 is 0 Å². The smallest absolute Gasteiger partial charge is 0.274 e. The second-order valence-electron chi connectivity index (χ2n) is 4.51. The van der Waals surface area contributed by atoms with Gasteiger partial charge in [-0.25, -0.2) is 4.98 Å². The summed E-state index contributed by atoms with van der Waals surface area (Å²) in [7, 11) is 0. The Morgan fingerprint density at radius 1 is 1.29 bits per heavy atom. The molecule has 0 radical (unpaired) electrons. The number of carbonyl (C=O) groups excluding carboxylic acids is 1. The molecule has 0 saturated heterocycles. The summed E-state index contributed by atoms with van der Waals surface area (Å²) in [6.45, 7) is 3.33. The van der Waals surface area contributed by atoms with Crippen LogP contribution in [-0.4, -0.2) is 15.8 Å². The van der Waals surface area contributed by atoms with Gasteiger partial charge in [-0.1, -0.05) is 6.07 Å². The van der Waals surface area contributed by atoms with Crippen LogP contribution in [-0.2, 0) is 0 Å². The Morgan fingerprint density at radius 3 is 2.62 bits per heavy atom. The van der Waals surface area contributed by atoms with Gasteiger partial charge in [-0.05, 0) is 37.6 Å². The zero-order valence-corrected chi connectivity index (χ0v) is 11.4. The van der Waals surface area contributed by atoms with Crippen molar-refractivity contribution in [3.63, 3.8) is 0 Å². The van der Waals surface area contributed by atoms with Gasteiger partial charge in [0.05, 0.1) is 10.6 Å². The van der Waals surface area contributed by atoms with Crippen molar-refractivity contribution in [2.24, 2.45) is 0 Å². The number of nitrogens with one attached hydrogen (secondary N) is 1. The molecule has 0 bridgehead atoms. The van der Waals surface area contributed by atoms with Gasteiger partial charge in [-0.3, -0.25) is 14.9 Å². The molecule has 6 nitrogen and oxygen atoms in total. The fourth-order valence-electron chi connectivity index (χ4n) is 1.89. The van der Waals surface area contributed by atoms with Gasteiger partial charge in [0.2, 0.25) is 5.95 Å². The molecule has 1 aromatic carbocycles. The van der Waals surface area contributed by atoms with Crippen LogP contribution < -0.4 is 5.32 Å². The molecular weight excluding hydrogens is 277 g/mol. The maximum Gasteiger partial charge on any atom is 0.274 e. The molecule has 2 aromatic rings. The number of aryl methyl sites for hydroxylation is 2. The van der Waals surface area contributed by atoms with E-state index in [1.165, 1.54) is 18.2 Å². The highest BCUT2D eigenvalue weighted by Gasteiger charge is 2.16. The largest absolute Gasteiger partial charge is 0.320 e. The summed E-state index contributed by atoms with van der Waals surface area (Å²) in [6.07, 6.45) is 0. The summed E-state index contributed by atoms with van der Waals surface area (Å²) < 4.78 is 13.0. The van der Waals surface area contributed by atoms with E-state index in [9.17, 15) is 19.3 Å². The minimum Gasteiger partial charge on any atom is -0.320 e. The van der Waals surface area contributed by atoms with Crippen LogP contribution in [0, 0.1) is 29.9 Å². The summed E-state index contributed by atoms with van der Waals surface area (Å²) in [5, 5.41) is 13.4. The van der Waals surface area contributed by atoms with Gasteiger partial charge in [0.25, 0.3) is 11.6 Å². The number of halogens is 1. The van der Waals surface area contributed by atoms with Gasteiger partial charge in [-0.2, -0.15) is 4.39 Å². The molecule has 0 aliphatic carbocycles. The first-order valence-electron chi connectivity index (χ1n) is 6.08. The Hall–Kier alpha value is -2.83. The molecule has 1 N–H and O–H groups in total. The first-order valence-corrected chi connectivity index (χ1v) is 6.08. The summed E-state index contributed by atoms with van der Waals surface area (Å²) >= 11 is 0. The maximum atomic E-state index is 13.0. The number of amides is 1. The zero-order chi connectivity index (χ0) is 15.6. The van der Waals surface area contributed by atoms with E-state index in [0.29, 0.717) is 16.8 Å². The summed E-state index contributed by atoms with van der Waals surface area (Å²) in [5.74, 6) is -1.40. The van der Waals surface area contributed by atoms with Crippen molar-refractivity contribution in [2.45, 2.75) is 13.8 Å². The number of hydrogen-bond donors (Lipinski definition) is 1. The van der Waals surface area contributed by atoms with E-state index in [1.54, 1.807) is 19.9 Å². The molecule has 0 unspecified atom stereocenters. The molecule has 1 heterocycles. The van der Waals surface area contributed by atoms with E-state index < -0.39 is 16.8 Å². The molecule has 0 saturated carbocycles. The SMILES string of the molecule is Cc1cc(C)c([N+](=O)[O-])cc1NC(=O)c1cccc(F)n1. The molecule has 2 rings (SSSR count). The van der Waals surface area contributed by atoms with Crippen LogP contribution in [0.3, 0.4) is 0 Å². The zero-order valence-electron chi connectivity index (χ0n) is 11.4. The Kier molecular flexibility index (Phi) is 3.93. The van der Waals surface area contributed by atoms with Crippen LogP contribution in [0.15, 0.2) is 30.3 Å². The van der Waals surface area contributed by atoms with Crippen molar-refractivity contribution < 1.29 is 14.1 Å². The lowest BCUT2D eigenvalue weighted by Gasteiger charge is -2.09. The fourth-order valence-corrected chi connectivity index (χ4v) is 1.89. The molecule has 0 aliphatic heterocycles. The average molecular weight is 289 g/mol. The number of rotatable bonds is 3. The Bertz CT molecular complexity index is 731. The molecule has 0 atom stereocenters. The molecule has 108 valence electrons. The highest BCUT2D eigenvalue weighted by molar-refractivity contribution is 6.03. The molecule has 0 spiro atoms. The number of nitro groups is 1. The molecule has 21 heavy (non-hydrogen) atoms. The van der Waals surface area contributed by atoms with Crippen molar-refractivity contribution in [1.29, 1.82) is 0 Å². The van der Waals surface area contributed by atoms with E-state index in [2.05, 4.69) is 10.3 Å². The number of benzene rings is 1. The van der Waals surface area contributed by atoms with Gasteiger partial charge >= 0.3 is 0 Å². The summed E-state index contributed by atoms with van der Waals surface area (Å²) in [5.41, 5.74) is 1.27. The second-order valence-corrected chi connectivity index (χ2v) is 4.51. The number of carbonyl (C=O) groups is 1. The van der Waals surface area contributed by atoms with Crippen molar-refractivity contribution >= 4 is 17.3 Å². The predicted octanol–water partition coefficient (Wildman–Crippen LogP) is 3.00. The molecule has 0 fully saturated rings. The third-order valence-corrected chi connectivity index (χ3v) is 2.94. The number of hydrogen-bond acceptors (Lipinski definition) is 4. The normalized spacial score (nSPS) is 10.2. The van der Waals surface area contributed by atoms with Crippen LogP contribution in [0.4, 0.5) is 15.8 Å². The quantitative estimate of drug-likeness (QED) is 0.534. The van der Waals surface area contributed by atoms with E-state index in [-0.39, 0.29) is 11.4 Å². The summed E-state index contributed by atoms with van der Waals surface area (Å²) in [4.78, 5) is 25.8. The van der Waals surface area contributed by atoms with Gasteiger partial charge < -0.3 is 5.32 Å². The van der Waals surface area contributed by atoms with E-state index in [0.717, 1.165) is 6.07 Å². The molecule has 0 aliphatic rings. The van der Waals surface area contributed by atoms with Crippen LogP contribution in [0.25, 0.3) is 0 Å². The lowest BCUT2D eigenvalue weighted by Crippen LogP contribution is -2.15. The number of aromatic nitrogens is 1. The number of nitro benzene ring substituents is 1. The Morgan fingerprint density at radius 2 is 2.00 bits per heavy atom. The highest BCUT2D eigenvalue weighted by Crippen LogP contribution is 2.26. The van der Waals surface area contributed by atoms with E-state index in [1.807, 2.05) is 0 Å². The third kappa shape index (κ3) is 3.19.